The van der Waals surface area contributed by atoms with Crippen LogP contribution in [0.4, 0.5) is 10.1 Å². The maximum Gasteiger partial charge on any atom is 0.274 e. The Morgan fingerprint density at radius 2 is 1.56 bits per heavy atom. The van der Waals surface area contributed by atoms with Crippen LogP contribution in [0.25, 0.3) is 0 Å². The summed E-state index contributed by atoms with van der Waals surface area (Å²) >= 11 is 0. The zero-order valence-electron chi connectivity index (χ0n) is 14.7. The van der Waals surface area contributed by atoms with Crippen LogP contribution < -0.4 is 10.6 Å². The molecule has 0 fully saturated rings. The summed E-state index contributed by atoms with van der Waals surface area (Å²) < 4.78 is 13.7. The van der Waals surface area contributed by atoms with Gasteiger partial charge in [-0.25, -0.2) is 9.37 Å². The monoisotopic (exact) mass is 363 g/mol. The van der Waals surface area contributed by atoms with Gasteiger partial charge in [0.25, 0.3) is 11.8 Å². The second-order valence-corrected chi connectivity index (χ2v) is 6.01. The summed E-state index contributed by atoms with van der Waals surface area (Å²) in [5, 5.41) is 5.21. The summed E-state index contributed by atoms with van der Waals surface area (Å²) in [5.41, 5.74) is 2.30. The van der Waals surface area contributed by atoms with Crippen molar-refractivity contribution in [2.45, 2.75) is 13.5 Å². The molecule has 136 valence electrons. The minimum Gasteiger partial charge on any atom is -0.347 e. The molecule has 2 aromatic carbocycles. The van der Waals surface area contributed by atoms with Crippen LogP contribution in [0.15, 0.2) is 66.7 Å². The van der Waals surface area contributed by atoms with Crippen LogP contribution in [0.2, 0.25) is 0 Å². The van der Waals surface area contributed by atoms with Crippen LogP contribution in [-0.2, 0) is 6.54 Å². The van der Waals surface area contributed by atoms with E-state index in [-0.39, 0.29) is 17.1 Å². The molecule has 0 aliphatic heterocycles. The number of halogens is 1. The normalized spacial score (nSPS) is 10.3. The molecule has 0 bridgehead atoms. The minimum atomic E-state index is -0.590. The number of carbonyl (C=O) groups is 2. The van der Waals surface area contributed by atoms with Gasteiger partial charge in [-0.1, -0.05) is 48.0 Å². The van der Waals surface area contributed by atoms with Crippen molar-refractivity contribution < 1.29 is 14.0 Å². The van der Waals surface area contributed by atoms with Gasteiger partial charge in [-0.05, 0) is 36.8 Å². The standard InChI is InChI=1S/C21H18FN3O2/c1-14-9-11-15(12-10-14)13-23-20(26)18-7-4-8-19(24-18)21(27)25-17-6-3-2-5-16(17)22/h2-12H,13H2,1H3,(H,23,26)(H,25,27). The third-order valence-corrected chi connectivity index (χ3v) is 3.91. The fourth-order valence-electron chi connectivity index (χ4n) is 2.42. The van der Waals surface area contributed by atoms with Crippen LogP contribution >= 0.6 is 0 Å². The van der Waals surface area contributed by atoms with Crippen LogP contribution in [0.3, 0.4) is 0 Å². The van der Waals surface area contributed by atoms with E-state index in [1.165, 1.54) is 30.3 Å². The lowest BCUT2D eigenvalue weighted by Gasteiger charge is -2.08. The zero-order chi connectivity index (χ0) is 19.2. The van der Waals surface area contributed by atoms with E-state index in [2.05, 4.69) is 15.6 Å². The fraction of sp³-hybridized carbons (Fsp3) is 0.0952. The molecule has 0 aliphatic carbocycles. The smallest absolute Gasteiger partial charge is 0.274 e. The van der Waals surface area contributed by atoms with E-state index < -0.39 is 17.6 Å². The van der Waals surface area contributed by atoms with Gasteiger partial charge in [0.1, 0.15) is 17.2 Å². The molecular weight excluding hydrogens is 345 g/mol. The maximum atomic E-state index is 13.7. The molecule has 1 aromatic heterocycles. The summed E-state index contributed by atoms with van der Waals surface area (Å²) in [6.45, 7) is 2.34. The Morgan fingerprint density at radius 1 is 0.889 bits per heavy atom. The largest absolute Gasteiger partial charge is 0.347 e. The first-order valence-corrected chi connectivity index (χ1v) is 8.39. The van der Waals surface area contributed by atoms with Gasteiger partial charge in [0.2, 0.25) is 0 Å². The first-order chi connectivity index (χ1) is 13.0. The second kappa shape index (κ2) is 8.23. The Labute approximate surface area is 156 Å². The number of hydrogen-bond acceptors (Lipinski definition) is 3. The highest BCUT2D eigenvalue weighted by Crippen LogP contribution is 2.13. The number of para-hydroxylation sites is 1. The fourth-order valence-corrected chi connectivity index (χ4v) is 2.42. The van der Waals surface area contributed by atoms with Crippen LogP contribution in [0.1, 0.15) is 32.1 Å². The van der Waals surface area contributed by atoms with Gasteiger partial charge in [0, 0.05) is 6.54 Å². The molecular formula is C21H18FN3O2. The number of carbonyl (C=O) groups excluding carboxylic acids is 2. The van der Waals surface area contributed by atoms with E-state index >= 15 is 0 Å². The minimum absolute atomic E-state index is 0.0289. The molecule has 0 unspecified atom stereocenters. The first-order valence-electron chi connectivity index (χ1n) is 8.39. The van der Waals surface area contributed by atoms with E-state index in [1.807, 2.05) is 31.2 Å². The quantitative estimate of drug-likeness (QED) is 0.726. The Bertz CT molecular complexity index is 971. The zero-order valence-corrected chi connectivity index (χ0v) is 14.7. The van der Waals surface area contributed by atoms with Crippen LogP contribution in [-0.4, -0.2) is 16.8 Å². The van der Waals surface area contributed by atoms with E-state index in [0.29, 0.717) is 6.54 Å². The summed E-state index contributed by atoms with van der Waals surface area (Å²) in [4.78, 5) is 28.7. The summed E-state index contributed by atoms with van der Waals surface area (Å²) in [6.07, 6.45) is 0. The lowest BCUT2D eigenvalue weighted by Crippen LogP contribution is -2.25. The number of benzene rings is 2. The van der Waals surface area contributed by atoms with E-state index in [0.717, 1.165) is 11.1 Å². The van der Waals surface area contributed by atoms with Crippen LogP contribution in [0.5, 0.6) is 0 Å². The predicted molar refractivity (Wildman–Crippen MR) is 101 cm³/mol. The lowest BCUT2D eigenvalue weighted by molar-refractivity contribution is 0.0945. The molecule has 2 N–H and O–H groups in total. The molecule has 0 saturated heterocycles. The third kappa shape index (κ3) is 4.76. The molecule has 3 rings (SSSR count). The topological polar surface area (TPSA) is 71.1 Å². The highest BCUT2D eigenvalue weighted by atomic mass is 19.1. The van der Waals surface area contributed by atoms with Crippen molar-refractivity contribution in [3.05, 3.63) is 95.1 Å². The van der Waals surface area contributed by atoms with Crippen molar-refractivity contribution in [3.63, 3.8) is 0 Å². The maximum absolute atomic E-state index is 13.7. The van der Waals surface area contributed by atoms with Crippen molar-refractivity contribution in [2.24, 2.45) is 0 Å². The predicted octanol–water partition coefficient (Wildman–Crippen LogP) is 3.71. The van der Waals surface area contributed by atoms with Gasteiger partial charge in [0.05, 0.1) is 5.69 Å². The van der Waals surface area contributed by atoms with Crippen molar-refractivity contribution >= 4 is 17.5 Å². The van der Waals surface area contributed by atoms with Crippen molar-refractivity contribution in [1.82, 2.24) is 10.3 Å². The molecule has 1 heterocycles. The lowest BCUT2D eigenvalue weighted by atomic mass is 10.1. The molecule has 6 heteroatoms. The van der Waals surface area contributed by atoms with Gasteiger partial charge >= 0.3 is 0 Å². The van der Waals surface area contributed by atoms with Crippen molar-refractivity contribution in [3.8, 4) is 0 Å². The Kier molecular flexibility index (Phi) is 5.56. The van der Waals surface area contributed by atoms with Gasteiger partial charge < -0.3 is 10.6 Å². The van der Waals surface area contributed by atoms with E-state index in [9.17, 15) is 14.0 Å². The Hall–Kier alpha value is -3.54. The Morgan fingerprint density at radius 3 is 2.26 bits per heavy atom. The number of anilines is 1. The molecule has 0 atom stereocenters. The number of aryl methyl sites for hydroxylation is 1. The molecule has 2 amide bonds. The summed E-state index contributed by atoms with van der Waals surface area (Å²) in [7, 11) is 0. The molecule has 27 heavy (non-hydrogen) atoms. The molecule has 0 spiro atoms. The molecule has 0 aliphatic rings. The SMILES string of the molecule is Cc1ccc(CNC(=O)c2cccc(C(=O)Nc3ccccc3F)n2)cc1. The number of amides is 2. The molecule has 0 radical (unpaired) electrons. The molecule has 0 saturated carbocycles. The number of rotatable bonds is 5. The number of hydrogen-bond donors (Lipinski definition) is 2. The van der Waals surface area contributed by atoms with Crippen LogP contribution in [0, 0.1) is 12.7 Å². The summed E-state index contributed by atoms with van der Waals surface area (Å²) in [6, 6.07) is 18.2. The average Bonchev–Trinajstić information content (AvgIpc) is 2.69. The average molecular weight is 363 g/mol. The third-order valence-electron chi connectivity index (χ3n) is 3.91. The summed E-state index contributed by atoms with van der Waals surface area (Å²) in [5.74, 6) is -1.53. The van der Waals surface area contributed by atoms with E-state index in [1.54, 1.807) is 12.1 Å². The van der Waals surface area contributed by atoms with Crippen molar-refractivity contribution in [1.29, 1.82) is 0 Å². The molecule has 5 nitrogen and oxygen atoms in total. The van der Waals surface area contributed by atoms with Gasteiger partial charge in [0.15, 0.2) is 0 Å². The first kappa shape index (κ1) is 18.3. The van der Waals surface area contributed by atoms with Crippen molar-refractivity contribution in [2.75, 3.05) is 5.32 Å². The number of nitrogens with one attached hydrogen (secondary N) is 2. The highest BCUT2D eigenvalue weighted by Gasteiger charge is 2.13. The van der Waals surface area contributed by atoms with Gasteiger partial charge in [-0.2, -0.15) is 0 Å². The van der Waals surface area contributed by atoms with Gasteiger partial charge in [-0.15, -0.1) is 0 Å². The second-order valence-electron chi connectivity index (χ2n) is 6.01. The highest BCUT2D eigenvalue weighted by molar-refractivity contribution is 6.03. The Balaban J connectivity index is 1.67. The van der Waals surface area contributed by atoms with Gasteiger partial charge in [-0.3, -0.25) is 9.59 Å². The number of aromatic nitrogens is 1. The molecule has 3 aromatic rings. The number of nitrogens with zero attached hydrogens (tertiary/aromatic N) is 1. The number of pyridine rings is 1. The van der Waals surface area contributed by atoms with E-state index in [4.69, 9.17) is 0 Å².